The van der Waals surface area contributed by atoms with Crippen molar-refractivity contribution < 1.29 is 9.53 Å². The van der Waals surface area contributed by atoms with Gasteiger partial charge in [0.25, 0.3) is 5.91 Å². The van der Waals surface area contributed by atoms with Crippen molar-refractivity contribution in [2.45, 2.75) is 20.0 Å². The second-order valence-electron chi connectivity index (χ2n) is 3.63. The lowest BCUT2D eigenvalue weighted by molar-refractivity contribution is -0.125. The number of carbonyl (C=O) groups excluding carboxylic acids is 1. The van der Waals surface area contributed by atoms with Crippen LogP contribution in [0, 0.1) is 13.8 Å². The highest BCUT2D eigenvalue weighted by molar-refractivity contribution is 6.02. The maximum Gasteiger partial charge on any atom is 0.258 e. The molecular formula is C11H13NO2. The molecule has 1 amide bonds. The summed E-state index contributed by atoms with van der Waals surface area (Å²) in [6.07, 6.45) is -0.440. The first-order chi connectivity index (χ1) is 6.63. The number of anilines is 1. The predicted octanol–water partition coefficient (Wildman–Crippen LogP) is 1.94. The Morgan fingerprint density at radius 2 is 1.93 bits per heavy atom. The summed E-state index contributed by atoms with van der Waals surface area (Å²) in [6, 6.07) is 4.00. The lowest BCUT2D eigenvalue weighted by atomic mass is 10.0. The van der Waals surface area contributed by atoms with E-state index in [9.17, 15) is 4.79 Å². The predicted molar refractivity (Wildman–Crippen MR) is 54.3 cm³/mol. The molecule has 1 unspecified atom stereocenters. The van der Waals surface area contributed by atoms with E-state index in [-0.39, 0.29) is 5.91 Å². The van der Waals surface area contributed by atoms with Crippen LogP contribution in [0.25, 0.3) is 0 Å². The molecule has 1 aromatic rings. The van der Waals surface area contributed by atoms with Gasteiger partial charge in [0.05, 0.1) is 0 Å². The molecule has 14 heavy (non-hydrogen) atoms. The van der Waals surface area contributed by atoms with Gasteiger partial charge in [-0.15, -0.1) is 0 Å². The molecule has 1 aliphatic rings. The Morgan fingerprint density at radius 1 is 1.29 bits per heavy atom. The van der Waals surface area contributed by atoms with Crippen molar-refractivity contribution in [2.75, 3.05) is 12.4 Å². The third-order valence-corrected chi connectivity index (χ3v) is 2.68. The van der Waals surface area contributed by atoms with Crippen molar-refractivity contribution in [2.24, 2.45) is 0 Å². The first-order valence-electron chi connectivity index (χ1n) is 4.58. The zero-order chi connectivity index (χ0) is 10.3. The Bertz CT molecular complexity index is 399. The lowest BCUT2D eigenvalue weighted by Gasteiger charge is -2.07. The minimum atomic E-state index is -0.440. The number of aryl methyl sites for hydroxylation is 2. The van der Waals surface area contributed by atoms with E-state index in [2.05, 4.69) is 5.32 Å². The van der Waals surface area contributed by atoms with Crippen LogP contribution in [0.1, 0.15) is 22.8 Å². The molecule has 2 rings (SSSR count). The van der Waals surface area contributed by atoms with Crippen molar-refractivity contribution in [1.29, 1.82) is 0 Å². The third-order valence-electron chi connectivity index (χ3n) is 2.68. The number of fused-ring (bicyclic) bond motifs is 1. The van der Waals surface area contributed by atoms with Crippen molar-refractivity contribution in [3.63, 3.8) is 0 Å². The molecule has 0 radical (unpaired) electrons. The number of hydrogen-bond acceptors (Lipinski definition) is 2. The van der Waals surface area contributed by atoms with Gasteiger partial charge in [-0.05, 0) is 31.0 Å². The van der Waals surface area contributed by atoms with Gasteiger partial charge in [-0.2, -0.15) is 0 Å². The van der Waals surface area contributed by atoms with Gasteiger partial charge in [0.1, 0.15) is 0 Å². The Balaban J connectivity index is 2.54. The van der Waals surface area contributed by atoms with Gasteiger partial charge >= 0.3 is 0 Å². The molecule has 3 nitrogen and oxygen atoms in total. The van der Waals surface area contributed by atoms with Crippen LogP contribution in [0.15, 0.2) is 12.1 Å². The zero-order valence-corrected chi connectivity index (χ0v) is 8.55. The minimum Gasteiger partial charge on any atom is -0.367 e. The highest BCUT2D eigenvalue weighted by Crippen LogP contribution is 2.34. The van der Waals surface area contributed by atoms with Gasteiger partial charge in [0, 0.05) is 18.4 Å². The van der Waals surface area contributed by atoms with Crippen molar-refractivity contribution in [3.05, 3.63) is 28.8 Å². The van der Waals surface area contributed by atoms with Gasteiger partial charge in [0.2, 0.25) is 0 Å². The van der Waals surface area contributed by atoms with E-state index in [0.29, 0.717) is 0 Å². The van der Waals surface area contributed by atoms with E-state index in [4.69, 9.17) is 4.74 Å². The minimum absolute atomic E-state index is 0.0764. The topological polar surface area (TPSA) is 38.3 Å². The summed E-state index contributed by atoms with van der Waals surface area (Å²) >= 11 is 0. The average Bonchev–Trinajstić information content (AvgIpc) is 2.42. The Kier molecular flexibility index (Phi) is 2.04. The van der Waals surface area contributed by atoms with Gasteiger partial charge in [0.15, 0.2) is 6.10 Å². The molecule has 1 aliphatic heterocycles. The van der Waals surface area contributed by atoms with Crippen LogP contribution in [-0.2, 0) is 9.53 Å². The highest BCUT2D eigenvalue weighted by atomic mass is 16.5. The largest absolute Gasteiger partial charge is 0.367 e. The number of methoxy groups -OCH3 is 1. The van der Waals surface area contributed by atoms with Gasteiger partial charge in [-0.3, -0.25) is 4.79 Å². The molecule has 0 aliphatic carbocycles. The van der Waals surface area contributed by atoms with Crippen LogP contribution in [0.3, 0.4) is 0 Å². The van der Waals surface area contributed by atoms with Crippen LogP contribution >= 0.6 is 0 Å². The number of hydrogen-bond donors (Lipinski definition) is 1. The second kappa shape index (κ2) is 3.10. The van der Waals surface area contributed by atoms with E-state index in [1.165, 1.54) is 11.1 Å². The second-order valence-corrected chi connectivity index (χ2v) is 3.63. The smallest absolute Gasteiger partial charge is 0.258 e. The quantitative estimate of drug-likeness (QED) is 0.736. The molecule has 1 aromatic carbocycles. The number of rotatable bonds is 1. The number of amides is 1. The number of benzene rings is 1. The van der Waals surface area contributed by atoms with Crippen LogP contribution in [0.5, 0.6) is 0 Å². The average molecular weight is 191 g/mol. The van der Waals surface area contributed by atoms with E-state index in [1.807, 2.05) is 26.0 Å². The molecule has 3 heteroatoms. The first kappa shape index (κ1) is 9.21. The SMILES string of the molecule is COC1C(=O)Nc2cc(C)c(C)cc21. The first-order valence-corrected chi connectivity index (χ1v) is 4.58. The molecule has 1 atom stereocenters. The molecular weight excluding hydrogens is 178 g/mol. The highest BCUT2D eigenvalue weighted by Gasteiger charge is 2.30. The van der Waals surface area contributed by atoms with Crippen molar-refractivity contribution >= 4 is 11.6 Å². The standard InChI is InChI=1S/C11H13NO2/c1-6-4-8-9(5-7(6)2)12-11(13)10(8)14-3/h4-5,10H,1-3H3,(H,12,13). The van der Waals surface area contributed by atoms with Crippen molar-refractivity contribution in [3.8, 4) is 0 Å². The van der Waals surface area contributed by atoms with E-state index >= 15 is 0 Å². The van der Waals surface area contributed by atoms with E-state index in [1.54, 1.807) is 7.11 Å². The summed E-state index contributed by atoms with van der Waals surface area (Å²) in [7, 11) is 1.55. The Hall–Kier alpha value is -1.35. The number of ether oxygens (including phenoxy) is 1. The molecule has 1 N–H and O–H groups in total. The molecule has 0 saturated heterocycles. The maximum atomic E-state index is 11.4. The summed E-state index contributed by atoms with van der Waals surface area (Å²) in [6.45, 7) is 4.06. The van der Waals surface area contributed by atoms with Crippen LogP contribution in [0.2, 0.25) is 0 Å². The monoisotopic (exact) mass is 191 g/mol. The van der Waals surface area contributed by atoms with E-state index < -0.39 is 6.10 Å². The number of nitrogens with one attached hydrogen (secondary N) is 1. The fourth-order valence-electron chi connectivity index (χ4n) is 1.74. The fraction of sp³-hybridized carbons (Fsp3) is 0.364. The molecule has 0 fully saturated rings. The Labute approximate surface area is 83.1 Å². The summed E-state index contributed by atoms with van der Waals surface area (Å²) in [4.78, 5) is 11.4. The van der Waals surface area contributed by atoms with Gasteiger partial charge < -0.3 is 10.1 Å². The summed E-state index contributed by atoms with van der Waals surface area (Å²) in [5.41, 5.74) is 4.19. The molecule has 1 heterocycles. The zero-order valence-electron chi connectivity index (χ0n) is 8.55. The fourth-order valence-corrected chi connectivity index (χ4v) is 1.74. The molecule has 0 aromatic heterocycles. The van der Waals surface area contributed by atoms with Gasteiger partial charge in [-0.25, -0.2) is 0 Å². The number of carbonyl (C=O) groups is 1. The molecule has 0 saturated carbocycles. The molecule has 0 spiro atoms. The lowest BCUT2D eigenvalue weighted by Crippen LogP contribution is -2.13. The summed E-state index contributed by atoms with van der Waals surface area (Å²) < 4.78 is 5.13. The van der Waals surface area contributed by atoms with Crippen LogP contribution < -0.4 is 5.32 Å². The van der Waals surface area contributed by atoms with E-state index in [0.717, 1.165) is 11.3 Å². The maximum absolute atomic E-state index is 11.4. The summed E-state index contributed by atoms with van der Waals surface area (Å²) in [5, 5.41) is 2.80. The summed E-state index contributed by atoms with van der Waals surface area (Å²) in [5.74, 6) is -0.0764. The normalized spacial score (nSPS) is 19.4. The molecule has 74 valence electrons. The van der Waals surface area contributed by atoms with Gasteiger partial charge in [-0.1, -0.05) is 6.07 Å². The van der Waals surface area contributed by atoms with Crippen LogP contribution in [-0.4, -0.2) is 13.0 Å². The van der Waals surface area contributed by atoms with Crippen molar-refractivity contribution in [1.82, 2.24) is 0 Å². The molecule has 0 bridgehead atoms. The third kappa shape index (κ3) is 1.21. The Morgan fingerprint density at radius 3 is 2.57 bits per heavy atom. The van der Waals surface area contributed by atoms with Crippen LogP contribution in [0.4, 0.5) is 5.69 Å².